The first-order valence-electron chi connectivity index (χ1n) is 12.7. The van der Waals surface area contributed by atoms with Gasteiger partial charge in [-0.25, -0.2) is 9.97 Å². The summed E-state index contributed by atoms with van der Waals surface area (Å²) in [5, 5.41) is 10.9. The molecule has 4 N–H and O–H groups in total. The van der Waals surface area contributed by atoms with Crippen LogP contribution < -0.4 is 16.4 Å². The predicted molar refractivity (Wildman–Crippen MR) is 153 cm³/mol. The molecule has 0 spiro atoms. The normalized spacial score (nSPS) is 17.2. The number of nitrogens with two attached hydrogens (primary N) is 1. The average Bonchev–Trinajstić information content (AvgIpc) is 3.33. The molecule has 2 amide bonds. The SMILES string of the molecule is C[C@@H]1CCn2nc(-c3ccc(C(=O)Nc4cc(C(F)(F)F)ccn4)cc3)c3c(N)ncc(c32)/C=C/CSCC(=O)N1. The summed E-state index contributed by atoms with van der Waals surface area (Å²) in [6.07, 6.45) is 2.68. The molecular formula is C28H26F3N7O2S. The van der Waals surface area contributed by atoms with E-state index in [0.29, 0.717) is 46.9 Å². The summed E-state index contributed by atoms with van der Waals surface area (Å²) < 4.78 is 40.9. The standard InChI is InChI=1S/C28H26F3N7O2S/c1-16-9-11-38-25-19(3-2-12-41-15-22(39)35-16)14-34-26(32)23(25)24(37-38)17-4-6-18(7-5-17)27(40)36-21-13-20(8-10-33-21)28(29,30)31/h2-8,10,13-14,16H,9,11-12,15H2,1H3,(H2,32,34)(H,35,39)(H,33,36,40)/b3-2+/t16-/m1/s1. The molecule has 0 fully saturated rings. The van der Waals surface area contributed by atoms with Crippen molar-refractivity contribution in [2.75, 3.05) is 22.6 Å². The van der Waals surface area contributed by atoms with Crippen LogP contribution in [0.15, 0.2) is 54.9 Å². The summed E-state index contributed by atoms with van der Waals surface area (Å²) in [6.45, 7) is 2.46. The van der Waals surface area contributed by atoms with Crippen molar-refractivity contribution in [2.45, 2.75) is 32.1 Å². The van der Waals surface area contributed by atoms with Gasteiger partial charge in [-0.2, -0.15) is 18.3 Å². The molecule has 1 aliphatic heterocycles. The number of carbonyl (C=O) groups excluding carboxylic acids is 2. The molecule has 4 aromatic rings. The number of nitrogens with zero attached hydrogens (tertiary/aromatic N) is 4. The van der Waals surface area contributed by atoms with Crippen molar-refractivity contribution in [1.29, 1.82) is 0 Å². The van der Waals surface area contributed by atoms with E-state index >= 15 is 0 Å². The third-order valence-electron chi connectivity index (χ3n) is 6.50. The summed E-state index contributed by atoms with van der Waals surface area (Å²) in [7, 11) is 0. The Bertz CT molecular complexity index is 1630. The highest BCUT2D eigenvalue weighted by atomic mass is 32.2. The number of hydrogen-bond acceptors (Lipinski definition) is 7. The van der Waals surface area contributed by atoms with Gasteiger partial charge in [-0.15, -0.1) is 11.8 Å². The number of nitrogen functional groups attached to an aromatic ring is 1. The number of anilines is 2. The average molecular weight is 582 g/mol. The first kappa shape index (κ1) is 28.1. The molecule has 0 saturated carbocycles. The fourth-order valence-corrected chi connectivity index (χ4v) is 5.11. The van der Waals surface area contributed by atoms with E-state index in [-0.39, 0.29) is 23.3 Å². The number of aryl methyl sites for hydroxylation is 1. The van der Waals surface area contributed by atoms with E-state index in [0.717, 1.165) is 29.4 Å². The number of alkyl halides is 3. The highest BCUT2D eigenvalue weighted by Crippen LogP contribution is 2.34. The van der Waals surface area contributed by atoms with Gasteiger partial charge in [-0.1, -0.05) is 24.3 Å². The minimum atomic E-state index is -4.55. The Balaban J connectivity index is 1.47. The van der Waals surface area contributed by atoms with Gasteiger partial charge in [-0.05, 0) is 37.6 Å². The van der Waals surface area contributed by atoms with Crippen LogP contribution in [0.5, 0.6) is 0 Å². The van der Waals surface area contributed by atoms with E-state index < -0.39 is 17.6 Å². The number of thioether (sulfide) groups is 1. The van der Waals surface area contributed by atoms with Gasteiger partial charge < -0.3 is 16.4 Å². The van der Waals surface area contributed by atoms with Crippen LogP contribution in [0, 0.1) is 0 Å². The molecule has 9 nitrogen and oxygen atoms in total. The second-order valence-electron chi connectivity index (χ2n) is 9.53. The molecule has 0 radical (unpaired) electrons. The first-order chi connectivity index (χ1) is 19.6. The largest absolute Gasteiger partial charge is 0.416 e. The Morgan fingerprint density at radius 3 is 2.73 bits per heavy atom. The number of hydrogen-bond donors (Lipinski definition) is 3. The third kappa shape index (κ3) is 6.35. The van der Waals surface area contributed by atoms with Crippen molar-refractivity contribution < 1.29 is 22.8 Å². The van der Waals surface area contributed by atoms with Gasteiger partial charge in [0, 0.05) is 47.4 Å². The molecule has 13 heteroatoms. The summed E-state index contributed by atoms with van der Waals surface area (Å²) >= 11 is 1.51. The van der Waals surface area contributed by atoms with Crippen LogP contribution in [0.2, 0.25) is 0 Å². The quantitative estimate of drug-likeness (QED) is 0.311. The van der Waals surface area contributed by atoms with Crippen LogP contribution in [0.4, 0.5) is 24.8 Å². The summed E-state index contributed by atoms with van der Waals surface area (Å²) in [5.41, 5.74) is 8.56. The van der Waals surface area contributed by atoms with E-state index in [1.807, 2.05) is 23.8 Å². The van der Waals surface area contributed by atoms with Gasteiger partial charge in [-0.3, -0.25) is 14.3 Å². The number of halogens is 3. The van der Waals surface area contributed by atoms with Gasteiger partial charge >= 0.3 is 6.18 Å². The predicted octanol–water partition coefficient (Wildman–Crippen LogP) is 5.00. The Morgan fingerprint density at radius 1 is 1.20 bits per heavy atom. The third-order valence-corrected chi connectivity index (χ3v) is 7.39. The molecule has 5 rings (SSSR count). The van der Waals surface area contributed by atoms with Crippen LogP contribution in [-0.4, -0.2) is 49.1 Å². The summed E-state index contributed by atoms with van der Waals surface area (Å²) in [6, 6.07) is 8.04. The molecule has 0 bridgehead atoms. The summed E-state index contributed by atoms with van der Waals surface area (Å²) in [4.78, 5) is 33.1. The zero-order valence-corrected chi connectivity index (χ0v) is 22.7. The topological polar surface area (TPSA) is 128 Å². The lowest BCUT2D eigenvalue weighted by molar-refractivity contribution is -0.137. The lowest BCUT2D eigenvalue weighted by Gasteiger charge is -2.14. The van der Waals surface area contributed by atoms with Crippen LogP contribution >= 0.6 is 11.8 Å². The fourth-order valence-electron chi connectivity index (χ4n) is 4.49. The monoisotopic (exact) mass is 581 g/mol. The van der Waals surface area contributed by atoms with Crippen molar-refractivity contribution in [2.24, 2.45) is 0 Å². The smallest absolute Gasteiger partial charge is 0.383 e. The van der Waals surface area contributed by atoms with Crippen molar-refractivity contribution in [3.63, 3.8) is 0 Å². The van der Waals surface area contributed by atoms with Gasteiger partial charge in [0.05, 0.1) is 22.2 Å². The molecule has 0 saturated heterocycles. The van der Waals surface area contributed by atoms with Gasteiger partial charge in [0.15, 0.2) is 0 Å². The van der Waals surface area contributed by atoms with Gasteiger partial charge in [0.2, 0.25) is 5.91 Å². The highest BCUT2D eigenvalue weighted by Gasteiger charge is 2.31. The second-order valence-corrected chi connectivity index (χ2v) is 10.6. The maximum atomic E-state index is 13.0. The maximum Gasteiger partial charge on any atom is 0.416 e. The van der Waals surface area contributed by atoms with E-state index in [9.17, 15) is 22.8 Å². The van der Waals surface area contributed by atoms with Crippen molar-refractivity contribution >= 4 is 52.2 Å². The number of pyridine rings is 2. The molecule has 0 unspecified atom stereocenters. The Morgan fingerprint density at radius 2 is 1.98 bits per heavy atom. The second kappa shape index (κ2) is 11.6. The number of amides is 2. The minimum Gasteiger partial charge on any atom is -0.383 e. The fraction of sp³-hybridized carbons (Fsp3) is 0.250. The number of aromatic nitrogens is 4. The van der Waals surface area contributed by atoms with Gasteiger partial charge in [0.25, 0.3) is 5.91 Å². The Hall–Kier alpha value is -4.39. The zero-order valence-electron chi connectivity index (χ0n) is 21.9. The molecule has 3 aromatic heterocycles. The number of nitrogens with one attached hydrogen (secondary N) is 2. The number of benzene rings is 1. The van der Waals surface area contributed by atoms with Crippen molar-refractivity contribution in [3.05, 3.63) is 71.6 Å². The molecule has 1 aliphatic rings. The maximum absolute atomic E-state index is 13.0. The lowest BCUT2D eigenvalue weighted by Crippen LogP contribution is -2.34. The van der Waals surface area contributed by atoms with Crippen molar-refractivity contribution in [1.82, 2.24) is 25.1 Å². The van der Waals surface area contributed by atoms with E-state index in [1.54, 1.807) is 30.5 Å². The highest BCUT2D eigenvalue weighted by molar-refractivity contribution is 8.00. The molecule has 41 heavy (non-hydrogen) atoms. The van der Waals surface area contributed by atoms with Crippen LogP contribution in [0.1, 0.15) is 34.8 Å². The van der Waals surface area contributed by atoms with E-state index in [4.69, 9.17) is 10.8 Å². The number of carbonyl (C=O) groups is 2. The lowest BCUT2D eigenvalue weighted by atomic mass is 10.0. The van der Waals surface area contributed by atoms with Crippen LogP contribution in [0.3, 0.4) is 0 Å². The minimum absolute atomic E-state index is 0.0159. The molecule has 1 aromatic carbocycles. The van der Waals surface area contributed by atoms with E-state index in [1.165, 1.54) is 11.8 Å². The summed E-state index contributed by atoms with van der Waals surface area (Å²) in [5.74, 6) is 0.496. The molecule has 1 atom stereocenters. The molecular weight excluding hydrogens is 555 g/mol. The number of rotatable bonds is 3. The van der Waals surface area contributed by atoms with Gasteiger partial charge in [0.1, 0.15) is 17.3 Å². The molecule has 212 valence electrons. The van der Waals surface area contributed by atoms with Crippen molar-refractivity contribution in [3.8, 4) is 11.3 Å². The Labute approximate surface area is 237 Å². The molecule has 0 aliphatic carbocycles. The van der Waals surface area contributed by atoms with Crippen LogP contribution in [-0.2, 0) is 17.5 Å². The first-order valence-corrected chi connectivity index (χ1v) is 13.9. The molecule has 4 heterocycles. The Kier molecular flexibility index (Phi) is 7.97. The van der Waals surface area contributed by atoms with E-state index in [2.05, 4.69) is 20.6 Å². The zero-order chi connectivity index (χ0) is 29.1. The van der Waals surface area contributed by atoms with Crippen LogP contribution in [0.25, 0.3) is 28.2 Å².